The zero-order valence-electron chi connectivity index (χ0n) is 13.8. The number of hydrogen-bond acceptors (Lipinski definition) is 1. The third-order valence-electron chi connectivity index (χ3n) is 4.38. The van der Waals surface area contributed by atoms with Gasteiger partial charge in [-0.15, -0.1) is 0 Å². The first-order valence-corrected chi connectivity index (χ1v) is 8.37. The summed E-state index contributed by atoms with van der Waals surface area (Å²) < 4.78 is 1.95. The molecule has 0 saturated heterocycles. The second kappa shape index (κ2) is 6.70. The fraction of sp³-hybridized carbons (Fsp3) is 0.0435. The second-order valence-electron chi connectivity index (χ2n) is 6.08. The molecule has 25 heavy (non-hydrogen) atoms. The van der Waals surface area contributed by atoms with Gasteiger partial charge < -0.3 is 0 Å². The summed E-state index contributed by atoms with van der Waals surface area (Å²) in [4.78, 5) is 12.9. The molecule has 2 heteroatoms. The zero-order chi connectivity index (χ0) is 17.1. The van der Waals surface area contributed by atoms with E-state index in [0.717, 1.165) is 27.5 Å². The number of hydrogen-bond donors (Lipinski definition) is 0. The lowest BCUT2D eigenvalue weighted by Gasteiger charge is -2.05. The van der Waals surface area contributed by atoms with Crippen LogP contribution in [-0.4, -0.2) is 5.78 Å². The van der Waals surface area contributed by atoms with Crippen LogP contribution in [0.15, 0.2) is 97.3 Å². The first-order valence-electron chi connectivity index (χ1n) is 8.37. The van der Waals surface area contributed by atoms with Gasteiger partial charge >= 0.3 is 0 Å². The van der Waals surface area contributed by atoms with E-state index in [2.05, 4.69) is 18.2 Å². The largest absolute Gasteiger partial charge is 0.287 e. The number of rotatable bonds is 4. The van der Waals surface area contributed by atoms with E-state index in [1.165, 1.54) is 0 Å². The smallest absolute Gasteiger partial charge is 0.228 e. The number of nitrogens with zero attached hydrogens (tertiary/aromatic N) is 1. The van der Waals surface area contributed by atoms with Crippen LogP contribution in [0, 0.1) is 0 Å². The molecule has 0 aliphatic rings. The maximum Gasteiger partial charge on any atom is 0.228 e. The average Bonchev–Trinajstić information content (AvgIpc) is 2.68. The molecule has 120 valence electrons. The lowest BCUT2D eigenvalue weighted by Crippen LogP contribution is -2.37. The molecule has 4 aromatic rings. The van der Waals surface area contributed by atoms with Crippen LogP contribution in [0.25, 0.3) is 21.9 Å². The highest BCUT2D eigenvalue weighted by molar-refractivity contribution is 6.07. The highest BCUT2D eigenvalue weighted by atomic mass is 16.1. The quantitative estimate of drug-likeness (QED) is 0.394. The number of fused-ring (bicyclic) bond motifs is 1. The Kier molecular flexibility index (Phi) is 4.09. The summed E-state index contributed by atoms with van der Waals surface area (Å²) in [5, 5.41) is 2.10. The SMILES string of the molecule is O=C(C[n+]1cccc(-c2ccccc2)c1)c1cccc2ccccc12. The van der Waals surface area contributed by atoms with Gasteiger partial charge in [-0.05, 0) is 22.4 Å². The molecule has 0 spiro atoms. The molecule has 1 aromatic heterocycles. The summed E-state index contributed by atoms with van der Waals surface area (Å²) >= 11 is 0. The number of Topliss-reactive ketones (excluding diaryl/α,β-unsaturated/α-hetero) is 1. The van der Waals surface area contributed by atoms with Crippen molar-refractivity contribution in [2.45, 2.75) is 6.54 Å². The van der Waals surface area contributed by atoms with E-state index < -0.39 is 0 Å². The van der Waals surface area contributed by atoms with Gasteiger partial charge in [-0.25, -0.2) is 0 Å². The van der Waals surface area contributed by atoms with Crippen molar-refractivity contribution in [2.24, 2.45) is 0 Å². The molecule has 4 rings (SSSR count). The Morgan fingerprint density at radius 1 is 0.720 bits per heavy atom. The van der Waals surface area contributed by atoms with Gasteiger partial charge in [0, 0.05) is 17.2 Å². The van der Waals surface area contributed by atoms with E-state index >= 15 is 0 Å². The van der Waals surface area contributed by atoms with E-state index in [1.54, 1.807) is 0 Å². The lowest BCUT2D eigenvalue weighted by atomic mass is 10.0. The highest BCUT2D eigenvalue weighted by Gasteiger charge is 2.15. The van der Waals surface area contributed by atoms with Gasteiger partial charge in [-0.2, -0.15) is 4.57 Å². The molecule has 0 radical (unpaired) electrons. The molecule has 2 nitrogen and oxygen atoms in total. The Morgan fingerprint density at radius 2 is 1.44 bits per heavy atom. The standard InChI is InChI=1S/C23H18NO/c25-23(22-14-6-11-19-10-4-5-13-21(19)22)17-24-15-7-12-20(16-24)18-8-2-1-3-9-18/h1-16H,17H2/q+1. The van der Waals surface area contributed by atoms with Crippen molar-refractivity contribution in [3.8, 4) is 11.1 Å². The van der Waals surface area contributed by atoms with Crippen LogP contribution in [-0.2, 0) is 6.54 Å². The van der Waals surface area contributed by atoms with Crippen molar-refractivity contribution in [3.05, 3.63) is 103 Å². The summed E-state index contributed by atoms with van der Waals surface area (Å²) in [6.45, 7) is 0.328. The summed E-state index contributed by atoms with van der Waals surface area (Å²) in [6.07, 6.45) is 3.97. The average molecular weight is 324 g/mol. The zero-order valence-corrected chi connectivity index (χ0v) is 13.8. The van der Waals surface area contributed by atoms with Gasteiger partial charge in [0.1, 0.15) is 0 Å². The molecule has 1 heterocycles. The van der Waals surface area contributed by atoms with Crippen LogP contribution < -0.4 is 4.57 Å². The molecule has 0 unspecified atom stereocenters. The fourth-order valence-corrected chi connectivity index (χ4v) is 3.14. The summed E-state index contributed by atoms with van der Waals surface area (Å²) in [5.41, 5.74) is 3.03. The normalized spacial score (nSPS) is 10.7. The van der Waals surface area contributed by atoms with Crippen LogP contribution in [0.4, 0.5) is 0 Å². The Labute approximate surface area is 147 Å². The molecule has 3 aromatic carbocycles. The van der Waals surface area contributed by atoms with Crippen LogP contribution in [0.2, 0.25) is 0 Å². The monoisotopic (exact) mass is 324 g/mol. The first-order chi connectivity index (χ1) is 12.3. The Morgan fingerprint density at radius 3 is 2.32 bits per heavy atom. The number of benzene rings is 3. The highest BCUT2D eigenvalue weighted by Crippen LogP contribution is 2.19. The minimum Gasteiger partial charge on any atom is -0.287 e. The van der Waals surface area contributed by atoms with E-state index in [1.807, 2.05) is 83.7 Å². The predicted molar refractivity (Wildman–Crippen MR) is 100 cm³/mol. The Hall–Kier alpha value is -3.26. The lowest BCUT2D eigenvalue weighted by molar-refractivity contribution is -0.682. The summed E-state index contributed by atoms with van der Waals surface area (Å²) in [6, 6.07) is 28.2. The van der Waals surface area contributed by atoms with Gasteiger partial charge in [0.25, 0.3) is 0 Å². The first kappa shape index (κ1) is 15.3. The minimum absolute atomic E-state index is 0.118. The summed E-state index contributed by atoms with van der Waals surface area (Å²) in [5.74, 6) is 0.118. The second-order valence-corrected chi connectivity index (χ2v) is 6.08. The van der Waals surface area contributed by atoms with Crippen molar-refractivity contribution < 1.29 is 9.36 Å². The molecule has 0 saturated carbocycles. The molecule has 0 atom stereocenters. The maximum absolute atomic E-state index is 12.9. The number of carbonyl (C=O) groups excluding carboxylic acids is 1. The molecule has 0 aliphatic carbocycles. The van der Waals surface area contributed by atoms with E-state index in [-0.39, 0.29) is 5.78 Å². The molecule has 0 amide bonds. The Balaban J connectivity index is 1.65. The van der Waals surface area contributed by atoms with Crippen molar-refractivity contribution in [3.63, 3.8) is 0 Å². The van der Waals surface area contributed by atoms with Crippen molar-refractivity contribution in [2.75, 3.05) is 0 Å². The molecular formula is C23H18NO+. The van der Waals surface area contributed by atoms with E-state index in [9.17, 15) is 4.79 Å². The van der Waals surface area contributed by atoms with Crippen LogP contribution >= 0.6 is 0 Å². The third-order valence-corrected chi connectivity index (χ3v) is 4.38. The number of pyridine rings is 1. The van der Waals surface area contributed by atoms with E-state index in [4.69, 9.17) is 0 Å². The van der Waals surface area contributed by atoms with Gasteiger partial charge in [0.2, 0.25) is 12.3 Å². The van der Waals surface area contributed by atoms with E-state index in [0.29, 0.717) is 6.54 Å². The molecule has 0 fully saturated rings. The van der Waals surface area contributed by atoms with Crippen molar-refractivity contribution in [1.29, 1.82) is 0 Å². The number of ketones is 1. The number of carbonyl (C=O) groups is 1. The predicted octanol–water partition coefficient (Wildman–Crippen LogP) is 4.68. The molecule has 0 aliphatic heterocycles. The fourth-order valence-electron chi connectivity index (χ4n) is 3.14. The van der Waals surface area contributed by atoms with Crippen LogP contribution in [0.1, 0.15) is 10.4 Å². The van der Waals surface area contributed by atoms with Gasteiger partial charge in [-0.1, -0.05) is 72.8 Å². The topological polar surface area (TPSA) is 20.9 Å². The van der Waals surface area contributed by atoms with Gasteiger partial charge in [0.05, 0.1) is 0 Å². The van der Waals surface area contributed by atoms with Crippen LogP contribution in [0.5, 0.6) is 0 Å². The van der Waals surface area contributed by atoms with Gasteiger partial charge in [-0.3, -0.25) is 4.79 Å². The van der Waals surface area contributed by atoms with Crippen molar-refractivity contribution in [1.82, 2.24) is 0 Å². The minimum atomic E-state index is 0.118. The third kappa shape index (κ3) is 3.20. The molecule has 0 N–H and O–H groups in total. The maximum atomic E-state index is 12.9. The van der Waals surface area contributed by atoms with Gasteiger partial charge in [0.15, 0.2) is 12.4 Å². The number of aromatic nitrogens is 1. The van der Waals surface area contributed by atoms with Crippen molar-refractivity contribution >= 4 is 16.6 Å². The van der Waals surface area contributed by atoms with Crippen LogP contribution in [0.3, 0.4) is 0 Å². The molecular weight excluding hydrogens is 306 g/mol. The Bertz CT molecular complexity index is 1030. The summed E-state index contributed by atoms with van der Waals surface area (Å²) in [7, 11) is 0. The molecule has 0 bridgehead atoms.